The van der Waals surface area contributed by atoms with Crippen LogP contribution in [-0.4, -0.2) is 293 Å². The van der Waals surface area contributed by atoms with E-state index in [1.54, 1.807) is 95.6 Å². The molecule has 0 aliphatic rings. The van der Waals surface area contributed by atoms with Crippen LogP contribution in [0.1, 0.15) is 234 Å². The third-order valence-electron chi connectivity index (χ3n) is 20.9. The number of aliphatic hydroxyl groups is 2. The molecule has 768 valence electrons. The lowest BCUT2D eigenvalue weighted by atomic mass is 9.99. The average Bonchev–Trinajstić information content (AvgIpc) is 0.804. The van der Waals surface area contributed by atoms with Gasteiger partial charge in [0.05, 0.1) is 44.4 Å². The molecule has 0 rings (SSSR count). The van der Waals surface area contributed by atoms with E-state index in [0.717, 1.165) is 32.1 Å². The summed E-state index contributed by atoms with van der Waals surface area (Å²) in [5.41, 5.74) is 5.76. The third kappa shape index (κ3) is 53.6. The zero-order chi connectivity index (χ0) is 102. The van der Waals surface area contributed by atoms with Crippen molar-refractivity contribution in [1.82, 2.24) is 95.7 Å². The molecule has 16 atom stereocenters. The number of hydrogen-bond acceptors (Lipinski definition) is 26. The summed E-state index contributed by atoms with van der Waals surface area (Å²) < 4.78 is 0. The van der Waals surface area contributed by atoms with E-state index in [9.17, 15) is 106 Å². The van der Waals surface area contributed by atoms with E-state index in [-0.39, 0.29) is 105 Å². The van der Waals surface area contributed by atoms with Crippen LogP contribution in [0.4, 0.5) is 0 Å². The topological polar surface area (TPSA) is 628 Å². The second-order valence-electron chi connectivity index (χ2n) is 37.2. The molecule has 0 heterocycles. The van der Waals surface area contributed by atoms with Gasteiger partial charge in [0, 0.05) is 24.5 Å². The van der Waals surface area contributed by atoms with Gasteiger partial charge < -0.3 is 117 Å². The molecule has 0 spiro atoms. The van der Waals surface area contributed by atoms with Crippen molar-refractivity contribution in [3.63, 3.8) is 0 Å². The number of nitrogens with two attached hydrogens (primary N) is 1. The lowest BCUT2D eigenvalue weighted by molar-refractivity contribution is -0.143. The van der Waals surface area contributed by atoms with E-state index in [4.69, 9.17) is 5.73 Å². The summed E-state index contributed by atoms with van der Waals surface area (Å²) in [4.78, 5) is 255. The van der Waals surface area contributed by atoms with E-state index in [1.807, 2.05) is 27.7 Å². The normalized spacial score (nSPS) is 15.1. The van der Waals surface area contributed by atoms with Crippen molar-refractivity contribution in [2.75, 3.05) is 68.2 Å². The van der Waals surface area contributed by atoms with Crippen molar-refractivity contribution >= 4 is 161 Å². The van der Waals surface area contributed by atoms with Gasteiger partial charge in [0.2, 0.25) is 106 Å². The van der Waals surface area contributed by atoms with Crippen molar-refractivity contribution in [2.45, 2.75) is 331 Å². The first-order chi connectivity index (χ1) is 62.7. The Hall–Kier alpha value is -8.79. The van der Waals surface area contributed by atoms with Crippen LogP contribution in [0.3, 0.4) is 0 Å². The van der Waals surface area contributed by atoms with Gasteiger partial charge in [0.15, 0.2) is 0 Å². The lowest BCUT2D eigenvalue weighted by Crippen LogP contribution is -2.62. The number of rotatable bonds is 70. The molecular weight excluding hydrogens is 1820 g/mol. The number of amides is 18. The van der Waals surface area contributed by atoms with Crippen molar-refractivity contribution < 1.29 is 106 Å². The largest absolute Gasteiger partial charge is 0.480 e. The molecule has 45 heteroatoms. The Morgan fingerprint density at radius 1 is 0.276 bits per heavy atom. The fraction of sp³-hybridized carbons (Fsp3) is 0.787. The van der Waals surface area contributed by atoms with Gasteiger partial charge in [-0.25, -0.2) is 4.79 Å². The molecular formula is C89H161N19O22S4. The highest BCUT2D eigenvalue weighted by Crippen LogP contribution is 2.18. The average molecular weight is 1980 g/mol. The molecule has 41 nitrogen and oxygen atoms in total. The van der Waals surface area contributed by atoms with Gasteiger partial charge >= 0.3 is 5.97 Å². The number of carboxylic acids is 1. The zero-order valence-electron chi connectivity index (χ0n) is 82.1. The second kappa shape index (κ2) is 68.3. The SMILES string of the molecule is CSCC[C@H](NC(=O)[C@@H](NC(=O)[C@H](CC(C)C)NC(=O)[C@H](CC(C)C)NC(=O)CNC(=O)CNC(=O)[C@H](CC(C)C)NC(=O)[C@H](CS)NC(=O)CCCCCCCCCCNC(=O)[C@@H](NC(=O)[C@H](CCSC)NC(=O)[C@@H](NC(=O)[C@H](CC(C)C)NC(=O)[C@H](CC(C)C)NC(=O)CNC(=O)CNC(=O)[C@H](CC(C)C)NC(=O)[C@@H](N)CS)[C@@H](C)O)C(C)C)[C@@H](C)O)C(=O)N[C@H](C(=O)O)C(C)C. The number of aliphatic carboxylic acids is 1. The van der Waals surface area contributed by atoms with E-state index < -0.39 is 247 Å². The van der Waals surface area contributed by atoms with Gasteiger partial charge in [-0.3, -0.25) is 86.3 Å². The molecule has 0 saturated heterocycles. The maximum absolute atomic E-state index is 14.1. The smallest absolute Gasteiger partial charge is 0.326 e. The molecule has 0 aromatic rings. The highest BCUT2D eigenvalue weighted by Gasteiger charge is 2.40. The Morgan fingerprint density at radius 3 is 0.873 bits per heavy atom. The van der Waals surface area contributed by atoms with E-state index >= 15 is 0 Å². The molecule has 134 heavy (non-hydrogen) atoms. The van der Waals surface area contributed by atoms with Crippen LogP contribution in [-0.2, 0) is 91.1 Å². The minimum absolute atomic E-state index is 0.0180. The van der Waals surface area contributed by atoms with Crippen LogP contribution < -0.4 is 101 Å². The van der Waals surface area contributed by atoms with Gasteiger partial charge in [-0.2, -0.15) is 48.8 Å². The maximum Gasteiger partial charge on any atom is 0.326 e. The molecule has 18 amide bonds. The van der Waals surface area contributed by atoms with Crippen LogP contribution in [0.5, 0.6) is 0 Å². The van der Waals surface area contributed by atoms with Crippen molar-refractivity contribution in [3.8, 4) is 0 Å². The van der Waals surface area contributed by atoms with Crippen LogP contribution in [0.25, 0.3) is 0 Å². The first kappa shape index (κ1) is 125. The monoisotopic (exact) mass is 1980 g/mol. The van der Waals surface area contributed by atoms with Gasteiger partial charge in [0.25, 0.3) is 0 Å². The quantitative estimate of drug-likeness (QED) is 0.0270. The Kier molecular flexibility index (Phi) is 63.8. The Morgan fingerprint density at radius 2 is 0.552 bits per heavy atom. The number of nitrogens with one attached hydrogen (secondary N) is 18. The highest BCUT2D eigenvalue weighted by atomic mass is 32.2. The van der Waals surface area contributed by atoms with Crippen molar-refractivity contribution in [2.24, 2.45) is 53.1 Å². The number of unbranched alkanes of at least 4 members (excludes halogenated alkanes) is 7. The summed E-state index contributed by atoms with van der Waals surface area (Å²) in [5, 5.41) is 77.8. The number of thiol groups is 2. The first-order valence-electron chi connectivity index (χ1n) is 46.6. The van der Waals surface area contributed by atoms with E-state index in [0.29, 0.717) is 37.3 Å². The summed E-state index contributed by atoms with van der Waals surface area (Å²) in [6.07, 6.45) is 7.49. The van der Waals surface area contributed by atoms with Gasteiger partial charge in [-0.1, -0.05) is 149 Å². The molecule has 0 aliphatic carbocycles. The number of carboxylic acid groups (broad SMARTS) is 1. The first-order valence-corrected chi connectivity index (χ1v) is 50.6. The third-order valence-corrected chi connectivity index (χ3v) is 23.0. The Labute approximate surface area is 810 Å². The molecule has 0 fully saturated rings. The minimum Gasteiger partial charge on any atom is -0.480 e. The van der Waals surface area contributed by atoms with Crippen LogP contribution >= 0.6 is 48.8 Å². The zero-order valence-corrected chi connectivity index (χ0v) is 85.5. The summed E-state index contributed by atoms with van der Waals surface area (Å²) in [6.45, 7) is 28.7. The molecule has 0 aromatic heterocycles. The summed E-state index contributed by atoms with van der Waals surface area (Å²) in [5.74, 6) is -15.7. The van der Waals surface area contributed by atoms with Crippen LogP contribution in [0.2, 0.25) is 0 Å². The van der Waals surface area contributed by atoms with E-state index in [2.05, 4.69) is 121 Å². The van der Waals surface area contributed by atoms with Gasteiger partial charge in [-0.05, 0) is 149 Å². The predicted octanol–water partition coefficient (Wildman–Crippen LogP) is -0.491. The van der Waals surface area contributed by atoms with Gasteiger partial charge in [0.1, 0.15) is 78.5 Å². The van der Waals surface area contributed by atoms with E-state index in [1.165, 1.54) is 37.4 Å². The lowest BCUT2D eigenvalue weighted by Gasteiger charge is -2.29. The number of carbonyl (C=O) groups is 19. The number of hydrogen-bond donors (Lipinski definition) is 24. The fourth-order valence-corrected chi connectivity index (χ4v) is 15.0. The Bertz CT molecular complexity index is 3730. The molecule has 0 saturated carbocycles. The molecule has 0 bridgehead atoms. The molecule has 0 unspecified atom stereocenters. The molecule has 0 aromatic carbocycles. The highest BCUT2D eigenvalue weighted by molar-refractivity contribution is 7.98. The number of aliphatic hydroxyl groups excluding tert-OH is 2. The maximum atomic E-state index is 14.1. The van der Waals surface area contributed by atoms with Crippen LogP contribution in [0.15, 0.2) is 0 Å². The summed E-state index contributed by atoms with van der Waals surface area (Å²) in [7, 11) is 0. The number of carbonyl (C=O) groups excluding carboxylic acids is 18. The Balaban J connectivity index is 5.58. The molecule has 23 N–H and O–H groups in total. The van der Waals surface area contributed by atoms with Crippen LogP contribution in [0, 0.1) is 47.3 Å². The molecule has 0 radical (unpaired) electrons. The number of thioether (sulfide) groups is 2. The molecule has 0 aliphatic heterocycles. The minimum atomic E-state index is -1.64. The summed E-state index contributed by atoms with van der Waals surface area (Å²) >= 11 is 11.1. The van der Waals surface area contributed by atoms with Gasteiger partial charge in [-0.15, -0.1) is 0 Å². The fourth-order valence-electron chi connectivity index (χ4n) is 13.6. The predicted molar refractivity (Wildman–Crippen MR) is 521 cm³/mol. The summed E-state index contributed by atoms with van der Waals surface area (Å²) in [6, 6.07) is -17.3. The van der Waals surface area contributed by atoms with Crippen molar-refractivity contribution in [1.29, 1.82) is 0 Å². The van der Waals surface area contributed by atoms with Crippen molar-refractivity contribution in [3.05, 3.63) is 0 Å². The standard InChI is InChI=1S/C89H161N19O22S4/c1-47(2)35-60(101-76(116)57(90)45-131)77(117)94-41-68(112)92-43-70(114)96-62(37-49(5)6)81(121)103-64(39-51(9)10)83(123)107-74(55(17)109)87(127)99-58(30-33-133-19)79(119)105-72(53(13)14)86(126)91-32-28-26-24-22-21-23-25-27-29-67(111)98-66(46-132)85(125)102-61(36-48(3)4)78(118)95-42-69(113)93-44-71(115)97-63(38-50(7)8)82(122)104-65(40-52(11)12)84(124)108-75(56(18)110)88(128)100-59(31-34-134-20)80(120)106-73(54(15)16)89(129)130/h47-66,72-75,109-110,131-132H,21-46,90H2,1-20H3,(H,91,126)(H,92,112)(H,93,113)(H,94,117)(H,95,118)(H,96,114)(H,97,115)(H,98,111)(H,99,127)(H,100,128)(H,101,116)(H,102,125)(H,103,121)(H,104,122)(H,105,119)(H,106,120)(H,107,123)(H,108,124)(H,129,130)/t55-,56-,57+,58+,59+,60+,61+,62+,63+,64+,65+,66+,72+,73+,74+,75+/m1/s1. The second-order valence-corrected chi connectivity index (χ2v) is 39.9.